The van der Waals surface area contributed by atoms with E-state index in [1.54, 1.807) is 0 Å². The largest absolute Gasteiger partial charge is 0.481 e. The Bertz CT molecular complexity index is 550. The third-order valence-electron chi connectivity index (χ3n) is 3.10. The van der Waals surface area contributed by atoms with Crippen molar-refractivity contribution in [1.82, 2.24) is 0 Å². The van der Waals surface area contributed by atoms with E-state index in [0.717, 1.165) is 6.07 Å². The van der Waals surface area contributed by atoms with Gasteiger partial charge in [0.1, 0.15) is 0 Å². The van der Waals surface area contributed by atoms with Gasteiger partial charge in [0.25, 0.3) is 5.69 Å². The summed E-state index contributed by atoms with van der Waals surface area (Å²) in [6.07, 6.45) is 0.239. The molecule has 1 aliphatic rings. The van der Waals surface area contributed by atoms with Gasteiger partial charge in [0.2, 0.25) is 0 Å². The molecule has 1 atom stereocenters. The van der Waals surface area contributed by atoms with E-state index in [2.05, 4.69) is 0 Å². The van der Waals surface area contributed by atoms with Crippen molar-refractivity contribution in [3.63, 3.8) is 0 Å². The molecule has 1 saturated heterocycles. The van der Waals surface area contributed by atoms with Gasteiger partial charge in [0, 0.05) is 19.2 Å². The second-order valence-electron chi connectivity index (χ2n) is 4.26. The molecule has 2 rings (SSSR count). The molecule has 0 spiro atoms. The average molecular weight is 272 g/mol. The second-order valence-corrected chi connectivity index (χ2v) is 4.26. The molecule has 102 valence electrons. The summed E-state index contributed by atoms with van der Waals surface area (Å²) in [5, 5.41) is 19.7. The minimum absolute atomic E-state index is 0.0729. The summed E-state index contributed by atoms with van der Waals surface area (Å²) in [5.74, 6) is -4.30. The molecule has 1 aliphatic heterocycles. The van der Waals surface area contributed by atoms with Crippen molar-refractivity contribution < 1.29 is 23.6 Å². The van der Waals surface area contributed by atoms with Crippen LogP contribution in [0.2, 0.25) is 0 Å². The number of hydrogen-bond acceptors (Lipinski definition) is 4. The predicted molar refractivity (Wildman–Crippen MR) is 61.0 cm³/mol. The number of carboxylic acid groups (broad SMARTS) is 1. The first-order valence-electron chi connectivity index (χ1n) is 5.52. The Morgan fingerprint density at radius 3 is 2.68 bits per heavy atom. The number of nitrogens with zero attached hydrogens (tertiary/aromatic N) is 2. The van der Waals surface area contributed by atoms with Crippen molar-refractivity contribution in [1.29, 1.82) is 0 Å². The Morgan fingerprint density at radius 2 is 2.16 bits per heavy atom. The molecule has 1 heterocycles. The van der Waals surface area contributed by atoms with Gasteiger partial charge in [-0.15, -0.1) is 0 Å². The van der Waals surface area contributed by atoms with Crippen LogP contribution < -0.4 is 4.90 Å². The zero-order valence-corrected chi connectivity index (χ0v) is 9.68. The van der Waals surface area contributed by atoms with Crippen LogP contribution in [-0.2, 0) is 4.79 Å². The lowest BCUT2D eigenvalue weighted by Gasteiger charge is -2.18. The molecule has 6 nitrogen and oxygen atoms in total. The van der Waals surface area contributed by atoms with Crippen LogP contribution in [0.3, 0.4) is 0 Å². The number of carbonyl (C=O) groups is 1. The molecular weight excluding hydrogens is 262 g/mol. The summed E-state index contributed by atoms with van der Waals surface area (Å²) < 4.78 is 26.9. The van der Waals surface area contributed by atoms with Crippen LogP contribution >= 0.6 is 0 Å². The lowest BCUT2D eigenvalue weighted by Crippen LogP contribution is -2.24. The molecule has 0 bridgehead atoms. The lowest BCUT2D eigenvalue weighted by atomic mass is 10.1. The summed E-state index contributed by atoms with van der Waals surface area (Å²) in [6.45, 7) is 0.0642. The molecule has 19 heavy (non-hydrogen) atoms. The van der Waals surface area contributed by atoms with Crippen LogP contribution in [-0.4, -0.2) is 29.1 Å². The molecule has 0 aromatic heterocycles. The summed E-state index contributed by atoms with van der Waals surface area (Å²) in [4.78, 5) is 22.0. The standard InChI is InChI=1S/C11H10F2N2O4/c12-7-1-2-8(15(18)19)10(9(7)13)14-4-3-6(5-14)11(16)17/h1-2,6H,3-5H2,(H,16,17). The normalized spacial score (nSPS) is 18.6. The molecule has 0 radical (unpaired) electrons. The number of nitro groups is 1. The maximum Gasteiger partial charge on any atom is 0.308 e. The highest BCUT2D eigenvalue weighted by Gasteiger charge is 2.34. The SMILES string of the molecule is O=C(O)C1CCN(c2c([N+](=O)[O-])ccc(F)c2F)C1. The molecule has 1 aromatic rings. The minimum Gasteiger partial charge on any atom is -0.481 e. The van der Waals surface area contributed by atoms with Gasteiger partial charge in [-0.2, -0.15) is 0 Å². The quantitative estimate of drug-likeness (QED) is 0.669. The van der Waals surface area contributed by atoms with Crippen LogP contribution in [0.15, 0.2) is 12.1 Å². The number of nitro benzene ring substituents is 1. The lowest BCUT2D eigenvalue weighted by molar-refractivity contribution is -0.384. The molecule has 0 saturated carbocycles. The highest BCUT2D eigenvalue weighted by atomic mass is 19.2. The van der Waals surface area contributed by atoms with Crippen molar-refractivity contribution in [2.45, 2.75) is 6.42 Å². The van der Waals surface area contributed by atoms with Gasteiger partial charge in [0.05, 0.1) is 10.8 Å². The Labute approximate surface area is 106 Å². The Balaban J connectivity index is 2.42. The zero-order chi connectivity index (χ0) is 14.2. The van der Waals surface area contributed by atoms with Crippen molar-refractivity contribution in [2.24, 2.45) is 5.92 Å². The van der Waals surface area contributed by atoms with Crippen LogP contribution in [0.5, 0.6) is 0 Å². The van der Waals surface area contributed by atoms with E-state index in [0.29, 0.717) is 6.07 Å². The smallest absolute Gasteiger partial charge is 0.308 e. The molecule has 1 aromatic carbocycles. The number of halogens is 2. The first-order chi connectivity index (χ1) is 8.91. The fraction of sp³-hybridized carbons (Fsp3) is 0.364. The zero-order valence-electron chi connectivity index (χ0n) is 9.68. The van der Waals surface area contributed by atoms with Gasteiger partial charge in [-0.1, -0.05) is 0 Å². The van der Waals surface area contributed by atoms with Gasteiger partial charge in [0.15, 0.2) is 17.3 Å². The molecule has 1 N–H and O–H groups in total. The number of rotatable bonds is 3. The summed E-state index contributed by atoms with van der Waals surface area (Å²) >= 11 is 0. The maximum absolute atomic E-state index is 13.7. The summed E-state index contributed by atoms with van der Waals surface area (Å²) in [6, 6.07) is 1.56. The van der Waals surface area contributed by atoms with Crippen molar-refractivity contribution >= 4 is 17.3 Å². The predicted octanol–water partition coefficient (Wildman–Crippen LogP) is 1.78. The van der Waals surface area contributed by atoms with Crippen molar-refractivity contribution in [3.05, 3.63) is 33.9 Å². The maximum atomic E-state index is 13.7. The van der Waals surface area contributed by atoms with Crippen molar-refractivity contribution in [3.8, 4) is 0 Å². The van der Waals surface area contributed by atoms with Gasteiger partial charge >= 0.3 is 5.97 Å². The van der Waals surface area contributed by atoms with Crippen molar-refractivity contribution in [2.75, 3.05) is 18.0 Å². The van der Waals surface area contributed by atoms with Crippen LogP contribution in [0.4, 0.5) is 20.2 Å². The van der Waals surface area contributed by atoms with E-state index in [4.69, 9.17) is 5.11 Å². The summed E-state index contributed by atoms with van der Waals surface area (Å²) in [5.41, 5.74) is -1.04. The van der Waals surface area contributed by atoms with E-state index in [9.17, 15) is 23.7 Å². The first kappa shape index (κ1) is 13.2. The van der Waals surface area contributed by atoms with Gasteiger partial charge < -0.3 is 10.0 Å². The third kappa shape index (κ3) is 2.33. The Kier molecular flexibility index (Phi) is 3.32. The fourth-order valence-corrected chi connectivity index (χ4v) is 2.14. The highest BCUT2D eigenvalue weighted by molar-refractivity contribution is 5.73. The number of carboxylic acids is 1. The number of benzene rings is 1. The Hall–Kier alpha value is -2.25. The van der Waals surface area contributed by atoms with E-state index < -0.39 is 39.8 Å². The Morgan fingerprint density at radius 1 is 1.47 bits per heavy atom. The molecule has 0 amide bonds. The number of aliphatic carboxylic acids is 1. The van der Waals surface area contributed by atoms with E-state index >= 15 is 0 Å². The van der Waals surface area contributed by atoms with Gasteiger partial charge in [-0.3, -0.25) is 14.9 Å². The van der Waals surface area contributed by atoms with Gasteiger partial charge in [-0.05, 0) is 12.5 Å². The monoisotopic (exact) mass is 272 g/mol. The molecule has 0 aliphatic carbocycles. The number of hydrogen-bond donors (Lipinski definition) is 1. The van der Waals surface area contributed by atoms with Crippen LogP contribution in [0.1, 0.15) is 6.42 Å². The average Bonchev–Trinajstić information content (AvgIpc) is 2.81. The molecular formula is C11H10F2N2O4. The van der Waals surface area contributed by atoms with Crippen LogP contribution in [0, 0.1) is 27.7 Å². The summed E-state index contributed by atoms with van der Waals surface area (Å²) in [7, 11) is 0. The topological polar surface area (TPSA) is 83.7 Å². The first-order valence-corrected chi connectivity index (χ1v) is 5.52. The van der Waals surface area contributed by atoms with Crippen LogP contribution in [0.25, 0.3) is 0 Å². The number of anilines is 1. The second kappa shape index (κ2) is 4.79. The minimum atomic E-state index is -1.32. The van der Waals surface area contributed by atoms with E-state index in [-0.39, 0.29) is 19.5 Å². The third-order valence-corrected chi connectivity index (χ3v) is 3.10. The fourth-order valence-electron chi connectivity index (χ4n) is 2.14. The van der Waals surface area contributed by atoms with E-state index in [1.165, 1.54) is 4.90 Å². The van der Waals surface area contributed by atoms with Gasteiger partial charge in [-0.25, -0.2) is 8.78 Å². The van der Waals surface area contributed by atoms with E-state index in [1.807, 2.05) is 0 Å². The molecule has 1 unspecified atom stereocenters. The molecule has 8 heteroatoms. The molecule has 1 fully saturated rings. The highest BCUT2D eigenvalue weighted by Crippen LogP contribution is 2.35.